The molecule has 0 fully saturated rings. The van der Waals surface area contributed by atoms with Crippen molar-refractivity contribution in [3.8, 4) is 0 Å². The van der Waals surface area contributed by atoms with Gasteiger partial charge in [0, 0.05) is 26.2 Å². The van der Waals surface area contributed by atoms with Crippen LogP contribution in [0, 0.1) is 0 Å². The van der Waals surface area contributed by atoms with E-state index in [1.807, 2.05) is 37.3 Å². The Morgan fingerprint density at radius 2 is 0.974 bits per heavy atom. The number of rotatable bonds is 0. The molecule has 1 aromatic carbocycles. The number of carbonyl (C=O) groups excluding carboxylic acids is 4. The summed E-state index contributed by atoms with van der Waals surface area (Å²) in [7, 11) is 0. The fraction of sp³-hybridized carbons (Fsp3) is 0.172. The molecule has 5 rings (SSSR count). The van der Waals surface area contributed by atoms with E-state index < -0.39 is 23.6 Å². The third-order valence-corrected chi connectivity index (χ3v) is 5.78. The summed E-state index contributed by atoms with van der Waals surface area (Å²) in [5, 5.41) is 11.1. The van der Waals surface area contributed by atoms with E-state index in [0.29, 0.717) is 0 Å². The molecule has 4 N–H and O–H groups in total. The molecule has 2 aromatic heterocycles. The molecule has 0 spiro atoms. The van der Waals surface area contributed by atoms with Crippen LogP contribution >= 0.6 is 0 Å². The molecule has 2 aliphatic rings. The van der Waals surface area contributed by atoms with Crippen LogP contribution < -0.4 is 21.3 Å². The van der Waals surface area contributed by atoms with Crippen LogP contribution in [0.5, 0.6) is 0 Å². The van der Waals surface area contributed by atoms with Gasteiger partial charge in [0.05, 0.1) is 0 Å². The number of pyridine rings is 2. The summed E-state index contributed by atoms with van der Waals surface area (Å²) in [6.07, 6.45) is 5.32. The van der Waals surface area contributed by atoms with E-state index in [0.717, 1.165) is 16.7 Å². The Labute approximate surface area is 225 Å². The van der Waals surface area contributed by atoms with E-state index in [1.165, 1.54) is 0 Å². The second kappa shape index (κ2) is 12.9. The first-order chi connectivity index (χ1) is 18.9. The number of hydrogen-bond acceptors (Lipinski definition) is 6. The highest BCUT2D eigenvalue weighted by Gasteiger charge is 2.14. The van der Waals surface area contributed by atoms with Crippen molar-refractivity contribution in [2.24, 2.45) is 0 Å². The summed E-state index contributed by atoms with van der Waals surface area (Å²) in [4.78, 5) is 58.7. The lowest BCUT2D eigenvalue weighted by atomic mass is 10.1. The minimum Gasteiger partial charge on any atom is -0.347 e. The summed E-state index contributed by atoms with van der Waals surface area (Å²) in [5.41, 5.74) is 3.12. The van der Waals surface area contributed by atoms with Crippen LogP contribution in [0.15, 0.2) is 84.5 Å². The van der Waals surface area contributed by atoms with Crippen molar-refractivity contribution in [3.05, 3.63) is 118 Å². The maximum atomic E-state index is 12.6. The van der Waals surface area contributed by atoms with Gasteiger partial charge in [-0.15, -0.1) is 0 Å². The van der Waals surface area contributed by atoms with Crippen LogP contribution in [0.4, 0.5) is 0 Å². The van der Waals surface area contributed by atoms with Crippen LogP contribution in [0.1, 0.15) is 60.0 Å². The second-order valence-electron chi connectivity index (χ2n) is 8.83. The van der Waals surface area contributed by atoms with Crippen LogP contribution in [0.2, 0.25) is 0 Å². The van der Waals surface area contributed by atoms with E-state index in [2.05, 4.69) is 31.2 Å². The molecule has 4 heterocycles. The zero-order valence-electron chi connectivity index (χ0n) is 21.4. The maximum Gasteiger partial charge on any atom is 0.270 e. The van der Waals surface area contributed by atoms with Gasteiger partial charge in [-0.05, 0) is 42.3 Å². The molecular formula is C29H28N6O4. The molecule has 39 heavy (non-hydrogen) atoms. The number of nitrogens with one attached hydrogen (secondary N) is 4. The van der Waals surface area contributed by atoms with Gasteiger partial charge in [0.25, 0.3) is 23.6 Å². The minimum absolute atomic E-state index is 0.135. The summed E-state index contributed by atoms with van der Waals surface area (Å²) < 4.78 is 0. The molecule has 2 aliphatic heterocycles. The molecule has 3 aromatic rings. The molecule has 0 radical (unpaired) electrons. The van der Waals surface area contributed by atoms with Gasteiger partial charge in [0.2, 0.25) is 0 Å². The van der Waals surface area contributed by atoms with Crippen LogP contribution in [-0.2, 0) is 13.1 Å². The Morgan fingerprint density at radius 1 is 0.564 bits per heavy atom. The van der Waals surface area contributed by atoms with Crippen molar-refractivity contribution < 1.29 is 19.2 Å². The number of allylic oxidation sites excluding steroid dienone is 2. The zero-order valence-corrected chi connectivity index (χ0v) is 21.4. The fourth-order valence-corrected chi connectivity index (χ4v) is 3.61. The van der Waals surface area contributed by atoms with E-state index >= 15 is 0 Å². The first-order valence-electron chi connectivity index (χ1n) is 12.4. The van der Waals surface area contributed by atoms with Gasteiger partial charge in [-0.2, -0.15) is 0 Å². The van der Waals surface area contributed by atoms with Gasteiger partial charge in [-0.3, -0.25) is 19.2 Å². The number of hydrogen-bond donors (Lipinski definition) is 4. The standard InChI is InChI=1S/C29H28N6O4/c1-19-6-2-3-15-30-26(36)22-7-4-9-24(34-22)28(38)32-17-20-11-13-21(14-12-20)18-33-29(39)25-10-5-8-23(35-25)27(37)31-16-19/h2-14H,15-18H2,1H3,(H,30,36)(H,31,37)(H,32,38)(H,33,39)/b3-2+,19-6+. The van der Waals surface area contributed by atoms with Crippen molar-refractivity contribution >= 4 is 23.6 Å². The molecule has 10 nitrogen and oxygen atoms in total. The average molecular weight is 525 g/mol. The minimum atomic E-state index is -0.402. The molecule has 0 saturated carbocycles. The normalized spacial score (nSPS) is 17.6. The molecule has 4 amide bonds. The predicted molar refractivity (Wildman–Crippen MR) is 145 cm³/mol. The molecule has 0 saturated heterocycles. The third-order valence-electron chi connectivity index (χ3n) is 5.78. The molecule has 198 valence electrons. The lowest BCUT2D eigenvalue weighted by Gasteiger charge is -2.09. The third kappa shape index (κ3) is 7.68. The summed E-state index contributed by atoms with van der Waals surface area (Å²) >= 11 is 0. The Kier molecular flexibility index (Phi) is 8.91. The van der Waals surface area contributed by atoms with Crippen LogP contribution in [0.25, 0.3) is 0 Å². The molecule has 10 heteroatoms. The van der Waals surface area contributed by atoms with Crippen molar-refractivity contribution in [2.75, 3.05) is 13.1 Å². The number of carbonyl (C=O) groups is 4. The zero-order chi connectivity index (χ0) is 27.6. The van der Waals surface area contributed by atoms with Gasteiger partial charge < -0.3 is 21.3 Å². The van der Waals surface area contributed by atoms with E-state index in [4.69, 9.17) is 0 Å². The maximum absolute atomic E-state index is 12.6. The number of aromatic nitrogens is 2. The lowest BCUT2D eigenvalue weighted by molar-refractivity contribution is 0.0928. The Bertz CT molecular complexity index is 1450. The quantitative estimate of drug-likeness (QED) is 0.356. The van der Waals surface area contributed by atoms with Gasteiger partial charge in [0.15, 0.2) is 0 Å². The van der Waals surface area contributed by atoms with Gasteiger partial charge in [-0.25, -0.2) is 9.97 Å². The van der Waals surface area contributed by atoms with Crippen molar-refractivity contribution in [1.29, 1.82) is 0 Å². The molecule has 0 aliphatic carbocycles. The topological polar surface area (TPSA) is 142 Å². The Balaban J connectivity index is 1.52. The van der Waals surface area contributed by atoms with Gasteiger partial charge >= 0.3 is 0 Å². The summed E-state index contributed by atoms with van der Waals surface area (Å²) in [6.45, 7) is 2.91. The first-order valence-corrected chi connectivity index (χ1v) is 12.4. The van der Waals surface area contributed by atoms with Crippen molar-refractivity contribution in [1.82, 2.24) is 31.2 Å². The first kappa shape index (κ1) is 26.9. The smallest absolute Gasteiger partial charge is 0.270 e. The van der Waals surface area contributed by atoms with Crippen LogP contribution in [0.3, 0.4) is 0 Å². The Morgan fingerprint density at radius 3 is 1.44 bits per heavy atom. The molecule has 0 unspecified atom stereocenters. The van der Waals surface area contributed by atoms with Gasteiger partial charge in [-0.1, -0.05) is 60.2 Å². The highest BCUT2D eigenvalue weighted by molar-refractivity contribution is 5.97. The lowest BCUT2D eigenvalue weighted by Crippen LogP contribution is -2.28. The fourth-order valence-electron chi connectivity index (χ4n) is 3.61. The molecular weight excluding hydrogens is 496 g/mol. The van der Waals surface area contributed by atoms with Crippen LogP contribution in [-0.4, -0.2) is 46.7 Å². The molecule has 6 bridgehead atoms. The van der Waals surface area contributed by atoms with E-state index in [9.17, 15) is 19.2 Å². The average Bonchev–Trinajstić information content (AvgIpc) is 2.97. The highest BCUT2D eigenvalue weighted by Crippen LogP contribution is 2.07. The SMILES string of the molecule is C/C1=C\C=C\CNC(=O)c2cccc(n2)C(=O)NCc2ccc(cc2)CNC(=O)c2cccc(n2)C(=O)NC1. The van der Waals surface area contributed by atoms with E-state index in [1.54, 1.807) is 48.6 Å². The van der Waals surface area contributed by atoms with E-state index in [-0.39, 0.29) is 49.0 Å². The van der Waals surface area contributed by atoms with Crippen molar-refractivity contribution in [3.63, 3.8) is 0 Å². The van der Waals surface area contributed by atoms with Crippen molar-refractivity contribution in [2.45, 2.75) is 20.0 Å². The highest BCUT2D eigenvalue weighted by atomic mass is 16.2. The van der Waals surface area contributed by atoms with Gasteiger partial charge in [0.1, 0.15) is 22.8 Å². The number of benzene rings is 1. The number of nitrogens with zero attached hydrogens (tertiary/aromatic N) is 2. The number of fused-ring (bicyclic) bond motifs is 13. The second-order valence-corrected chi connectivity index (χ2v) is 8.83. The predicted octanol–water partition coefficient (Wildman–Crippen LogP) is 2.31. The summed E-state index contributed by atoms with van der Waals surface area (Å²) in [5.74, 6) is -1.59. The monoisotopic (exact) mass is 524 g/mol. The molecule has 0 atom stereocenters. The largest absolute Gasteiger partial charge is 0.347 e. The summed E-state index contributed by atoms with van der Waals surface area (Å²) in [6, 6.07) is 16.8. The Hall–Kier alpha value is -5.12. The number of amides is 4.